The Bertz CT molecular complexity index is 798. The van der Waals surface area contributed by atoms with E-state index in [0.29, 0.717) is 12.8 Å². The van der Waals surface area contributed by atoms with Crippen LogP contribution in [0.4, 0.5) is 5.69 Å². The fraction of sp³-hybridized carbons (Fsp3) is 0.292. The van der Waals surface area contributed by atoms with Crippen LogP contribution in [0.2, 0.25) is 0 Å². The topological polar surface area (TPSA) is 40.5 Å². The zero-order valence-corrected chi connectivity index (χ0v) is 15.8. The number of hydrogen-bond acceptors (Lipinski definition) is 2. The van der Waals surface area contributed by atoms with Crippen molar-refractivity contribution >= 4 is 11.6 Å². The standard InChI is InChI=1S/C24H27NO2/c1-3-4-11-18(2)23-21(16-17-22(26)19-12-7-5-8-13-19)24(27)25(23)20-14-9-6-10-15-20/h4-15,21-23,26H,2-3,16-17H2,1H3/b11-4-. The number of amides is 1. The van der Waals surface area contributed by atoms with E-state index in [2.05, 4.69) is 19.6 Å². The van der Waals surface area contributed by atoms with Gasteiger partial charge in [0.15, 0.2) is 0 Å². The van der Waals surface area contributed by atoms with Gasteiger partial charge in [0.2, 0.25) is 5.91 Å². The molecule has 1 saturated heterocycles. The number of nitrogens with zero attached hydrogens (tertiary/aromatic N) is 1. The number of carbonyl (C=O) groups is 1. The minimum Gasteiger partial charge on any atom is -0.388 e. The van der Waals surface area contributed by atoms with E-state index in [9.17, 15) is 9.90 Å². The highest BCUT2D eigenvalue weighted by Crippen LogP contribution is 2.40. The lowest BCUT2D eigenvalue weighted by atomic mass is 9.78. The first-order valence-corrected chi connectivity index (χ1v) is 9.60. The summed E-state index contributed by atoms with van der Waals surface area (Å²) in [5, 5.41) is 10.5. The molecule has 0 spiro atoms. The molecule has 0 radical (unpaired) electrons. The number of allylic oxidation sites excluding steroid dienone is 1. The molecule has 1 heterocycles. The van der Waals surface area contributed by atoms with Crippen LogP contribution < -0.4 is 4.90 Å². The maximum Gasteiger partial charge on any atom is 0.233 e. The number of aliphatic hydroxyl groups is 1. The van der Waals surface area contributed by atoms with Crippen molar-refractivity contribution in [2.75, 3.05) is 4.90 Å². The second-order valence-corrected chi connectivity index (χ2v) is 6.98. The summed E-state index contributed by atoms with van der Waals surface area (Å²) in [5.74, 6) is -0.0323. The van der Waals surface area contributed by atoms with Crippen molar-refractivity contribution in [3.8, 4) is 0 Å². The van der Waals surface area contributed by atoms with Crippen LogP contribution >= 0.6 is 0 Å². The van der Waals surface area contributed by atoms with E-state index in [1.165, 1.54) is 0 Å². The molecular formula is C24H27NO2. The van der Waals surface area contributed by atoms with Crippen molar-refractivity contribution in [3.05, 3.63) is 90.5 Å². The van der Waals surface area contributed by atoms with Gasteiger partial charge in [0.25, 0.3) is 0 Å². The molecule has 3 heteroatoms. The Labute approximate surface area is 161 Å². The van der Waals surface area contributed by atoms with Crippen LogP contribution in [0.5, 0.6) is 0 Å². The van der Waals surface area contributed by atoms with Crippen LogP contribution in [-0.4, -0.2) is 17.1 Å². The predicted octanol–water partition coefficient (Wildman–Crippen LogP) is 5.05. The number of para-hydroxylation sites is 1. The molecule has 0 saturated carbocycles. The van der Waals surface area contributed by atoms with Gasteiger partial charge in [-0.05, 0) is 42.5 Å². The monoisotopic (exact) mass is 361 g/mol. The first kappa shape index (κ1) is 19.1. The Hall–Kier alpha value is -2.65. The molecule has 1 aliphatic heterocycles. The van der Waals surface area contributed by atoms with Gasteiger partial charge in [0.1, 0.15) is 0 Å². The molecule has 1 amide bonds. The molecule has 0 bridgehead atoms. The number of carbonyl (C=O) groups excluding carboxylic acids is 1. The van der Waals surface area contributed by atoms with Gasteiger partial charge in [0, 0.05) is 5.69 Å². The second-order valence-electron chi connectivity index (χ2n) is 6.98. The zero-order valence-electron chi connectivity index (χ0n) is 15.8. The van der Waals surface area contributed by atoms with Crippen molar-refractivity contribution in [1.29, 1.82) is 0 Å². The van der Waals surface area contributed by atoms with Gasteiger partial charge in [0.05, 0.1) is 18.1 Å². The molecule has 3 rings (SSSR count). The lowest BCUT2D eigenvalue weighted by Gasteiger charge is -2.48. The summed E-state index contributed by atoms with van der Waals surface area (Å²) in [7, 11) is 0. The molecule has 1 fully saturated rings. The Balaban J connectivity index is 1.74. The normalized spacial score (nSPS) is 20.5. The first-order valence-electron chi connectivity index (χ1n) is 9.60. The zero-order chi connectivity index (χ0) is 19.2. The molecule has 0 aromatic heterocycles. The van der Waals surface area contributed by atoms with Gasteiger partial charge in [-0.1, -0.05) is 74.2 Å². The lowest BCUT2D eigenvalue weighted by Crippen LogP contribution is -2.61. The summed E-state index contributed by atoms with van der Waals surface area (Å²) < 4.78 is 0. The summed E-state index contributed by atoms with van der Waals surface area (Å²) in [4.78, 5) is 14.7. The number of benzene rings is 2. The van der Waals surface area contributed by atoms with Crippen LogP contribution in [0.3, 0.4) is 0 Å². The highest BCUT2D eigenvalue weighted by Gasteiger charge is 2.48. The quantitative estimate of drug-likeness (QED) is 0.528. The fourth-order valence-corrected chi connectivity index (χ4v) is 3.68. The molecule has 3 unspecified atom stereocenters. The van der Waals surface area contributed by atoms with E-state index in [1.54, 1.807) is 0 Å². The minimum absolute atomic E-state index is 0.0503. The molecular weight excluding hydrogens is 334 g/mol. The SMILES string of the molecule is C=C(/C=C\CC)C1C(CCC(O)c2ccccc2)C(=O)N1c1ccccc1. The van der Waals surface area contributed by atoms with Crippen LogP contribution in [0.25, 0.3) is 0 Å². The number of anilines is 1. The Morgan fingerprint density at radius 2 is 1.78 bits per heavy atom. The summed E-state index contributed by atoms with van der Waals surface area (Å²) in [5.41, 5.74) is 2.74. The van der Waals surface area contributed by atoms with Crippen molar-refractivity contribution in [2.24, 2.45) is 5.92 Å². The summed E-state index contributed by atoms with van der Waals surface area (Å²) in [6.07, 6.45) is 5.68. The second kappa shape index (κ2) is 8.83. The smallest absolute Gasteiger partial charge is 0.233 e. The largest absolute Gasteiger partial charge is 0.388 e. The third-order valence-electron chi connectivity index (χ3n) is 5.13. The molecule has 2 aromatic rings. The van der Waals surface area contributed by atoms with Crippen LogP contribution in [0, 0.1) is 5.92 Å². The van der Waals surface area contributed by atoms with Gasteiger partial charge in [-0.25, -0.2) is 0 Å². The van der Waals surface area contributed by atoms with Crippen LogP contribution in [0.1, 0.15) is 37.9 Å². The Kier molecular flexibility index (Phi) is 6.25. The van der Waals surface area contributed by atoms with Gasteiger partial charge in [-0.2, -0.15) is 0 Å². The van der Waals surface area contributed by atoms with E-state index in [-0.39, 0.29) is 17.9 Å². The summed E-state index contributed by atoms with van der Waals surface area (Å²) in [6.45, 7) is 6.30. The van der Waals surface area contributed by atoms with E-state index < -0.39 is 6.10 Å². The molecule has 2 aromatic carbocycles. The molecule has 1 aliphatic rings. The Morgan fingerprint density at radius 1 is 1.15 bits per heavy atom. The molecule has 3 nitrogen and oxygen atoms in total. The maximum atomic E-state index is 12.9. The van der Waals surface area contributed by atoms with Crippen molar-refractivity contribution < 1.29 is 9.90 Å². The highest BCUT2D eigenvalue weighted by molar-refractivity contribution is 6.04. The van der Waals surface area contributed by atoms with Crippen LogP contribution in [-0.2, 0) is 4.79 Å². The van der Waals surface area contributed by atoms with Crippen LogP contribution in [0.15, 0.2) is 85.0 Å². The fourth-order valence-electron chi connectivity index (χ4n) is 3.68. The van der Waals surface area contributed by atoms with Crippen molar-refractivity contribution in [1.82, 2.24) is 0 Å². The van der Waals surface area contributed by atoms with E-state index in [4.69, 9.17) is 0 Å². The molecule has 27 heavy (non-hydrogen) atoms. The number of rotatable bonds is 8. The highest BCUT2D eigenvalue weighted by atomic mass is 16.3. The first-order chi connectivity index (χ1) is 13.1. The average molecular weight is 361 g/mol. The van der Waals surface area contributed by atoms with Gasteiger partial charge < -0.3 is 10.0 Å². The third kappa shape index (κ3) is 4.20. The Morgan fingerprint density at radius 3 is 2.41 bits per heavy atom. The average Bonchev–Trinajstić information content (AvgIpc) is 2.71. The molecule has 3 atom stereocenters. The number of hydrogen-bond donors (Lipinski definition) is 1. The van der Waals surface area contributed by atoms with Gasteiger partial charge >= 0.3 is 0 Å². The maximum absolute atomic E-state index is 12.9. The molecule has 140 valence electrons. The van der Waals surface area contributed by atoms with Crippen molar-refractivity contribution in [3.63, 3.8) is 0 Å². The summed E-state index contributed by atoms with van der Waals surface area (Å²) in [6, 6.07) is 19.3. The lowest BCUT2D eigenvalue weighted by molar-refractivity contribution is -0.129. The molecule has 1 N–H and O–H groups in total. The van der Waals surface area contributed by atoms with Gasteiger partial charge in [-0.15, -0.1) is 0 Å². The van der Waals surface area contributed by atoms with Crippen molar-refractivity contribution in [2.45, 2.75) is 38.3 Å². The van der Waals surface area contributed by atoms with E-state index in [1.807, 2.05) is 71.6 Å². The van der Waals surface area contributed by atoms with E-state index >= 15 is 0 Å². The summed E-state index contributed by atoms with van der Waals surface area (Å²) >= 11 is 0. The predicted molar refractivity (Wildman–Crippen MR) is 110 cm³/mol. The van der Waals surface area contributed by atoms with Gasteiger partial charge in [-0.3, -0.25) is 4.79 Å². The number of β-lactam (4-membered cyclic amide) rings is 1. The molecule has 0 aliphatic carbocycles. The minimum atomic E-state index is -0.551. The number of aliphatic hydroxyl groups excluding tert-OH is 1. The van der Waals surface area contributed by atoms with E-state index in [0.717, 1.165) is 23.2 Å². The third-order valence-corrected chi connectivity index (χ3v) is 5.13.